The van der Waals surface area contributed by atoms with Crippen molar-refractivity contribution in [1.29, 1.82) is 0 Å². The molecule has 34 heavy (non-hydrogen) atoms. The van der Waals surface area contributed by atoms with Crippen LogP contribution in [0.2, 0.25) is 0 Å². The molecule has 0 amide bonds. The lowest BCUT2D eigenvalue weighted by Crippen LogP contribution is -2.16. The first-order valence-electron chi connectivity index (χ1n) is 11.4. The lowest BCUT2D eigenvalue weighted by Gasteiger charge is -2.16. The van der Waals surface area contributed by atoms with Crippen molar-refractivity contribution in [3.63, 3.8) is 0 Å². The summed E-state index contributed by atoms with van der Waals surface area (Å²) in [4.78, 5) is 49.4. The molecule has 0 unspecified atom stereocenters. The predicted molar refractivity (Wildman–Crippen MR) is 124 cm³/mol. The zero-order valence-corrected chi connectivity index (χ0v) is 19.8. The molecule has 182 valence electrons. The van der Waals surface area contributed by atoms with Crippen LogP contribution in [0.4, 0.5) is 0 Å². The van der Waals surface area contributed by atoms with E-state index in [9.17, 15) is 19.2 Å². The molecule has 0 aliphatic carbocycles. The van der Waals surface area contributed by atoms with Gasteiger partial charge in [-0.1, -0.05) is 51.1 Å². The van der Waals surface area contributed by atoms with E-state index in [2.05, 4.69) is 0 Å². The number of esters is 4. The second kappa shape index (κ2) is 13.8. The Morgan fingerprint density at radius 2 is 1.15 bits per heavy atom. The van der Waals surface area contributed by atoms with E-state index in [-0.39, 0.29) is 48.7 Å². The smallest absolute Gasteiger partial charge is 0.338 e. The molecule has 0 fully saturated rings. The van der Waals surface area contributed by atoms with Gasteiger partial charge in [0.25, 0.3) is 0 Å². The van der Waals surface area contributed by atoms with E-state index < -0.39 is 23.9 Å². The molecule has 0 saturated heterocycles. The van der Waals surface area contributed by atoms with Crippen LogP contribution in [0.3, 0.4) is 0 Å². The van der Waals surface area contributed by atoms with Crippen molar-refractivity contribution in [1.82, 2.24) is 0 Å². The molecule has 0 spiro atoms. The molecular weight excluding hydrogens is 440 g/mol. The SMILES string of the molecule is CCCC(=O)Oc1cc(C(=O)OCc2ccccc2)cc(OC(=O)CCC)c1OC(=O)CCC. The van der Waals surface area contributed by atoms with Crippen molar-refractivity contribution in [3.8, 4) is 17.2 Å². The highest BCUT2D eigenvalue weighted by atomic mass is 16.6. The quantitative estimate of drug-likeness (QED) is 0.309. The Labute approximate surface area is 199 Å². The molecule has 2 aromatic rings. The molecule has 0 saturated carbocycles. The second-order valence-corrected chi connectivity index (χ2v) is 7.54. The molecule has 0 N–H and O–H groups in total. The summed E-state index contributed by atoms with van der Waals surface area (Å²) in [6.45, 7) is 5.43. The number of ether oxygens (including phenoxy) is 4. The average Bonchev–Trinajstić information content (AvgIpc) is 2.80. The first-order chi connectivity index (χ1) is 16.4. The lowest BCUT2D eigenvalue weighted by molar-refractivity contribution is -0.138. The molecule has 2 rings (SSSR count). The van der Waals surface area contributed by atoms with Gasteiger partial charge in [-0.3, -0.25) is 14.4 Å². The lowest BCUT2D eigenvalue weighted by atomic mass is 10.1. The maximum absolute atomic E-state index is 12.8. The average molecular weight is 471 g/mol. The Bertz CT molecular complexity index is 956. The summed E-state index contributed by atoms with van der Waals surface area (Å²) in [6, 6.07) is 11.6. The summed E-state index contributed by atoms with van der Waals surface area (Å²) in [5, 5.41) is 0. The standard InChI is InChI=1S/C26H30O8/c1-4-10-22(27)32-20-15-19(26(30)31-17-18-13-8-7-9-14-18)16-21(33-23(28)11-5-2)25(20)34-24(29)12-6-3/h7-9,13-16H,4-6,10-12,17H2,1-3H3. The monoisotopic (exact) mass is 470 g/mol. The van der Waals surface area contributed by atoms with E-state index in [0.29, 0.717) is 19.3 Å². The van der Waals surface area contributed by atoms with Crippen molar-refractivity contribution in [2.24, 2.45) is 0 Å². The largest absolute Gasteiger partial charge is 0.457 e. The Morgan fingerprint density at radius 1 is 0.676 bits per heavy atom. The van der Waals surface area contributed by atoms with Crippen molar-refractivity contribution < 1.29 is 38.1 Å². The van der Waals surface area contributed by atoms with E-state index >= 15 is 0 Å². The van der Waals surface area contributed by atoms with E-state index in [1.54, 1.807) is 32.9 Å². The van der Waals surface area contributed by atoms with Crippen LogP contribution >= 0.6 is 0 Å². The summed E-state index contributed by atoms with van der Waals surface area (Å²) >= 11 is 0. The van der Waals surface area contributed by atoms with Crippen LogP contribution in [0.5, 0.6) is 17.2 Å². The van der Waals surface area contributed by atoms with Gasteiger partial charge in [-0.25, -0.2) is 4.79 Å². The van der Waals surface area contributed by atoms with Gasteiger partial charge >= 0.3 is 23.9 Å². The zero-order chi connectivity index (χ0) is 24.9. The minimum Gasteiger partial charge on any atom is -0.457 e. The van der Waals surface area contributed by atoms with Gasteiger partial charge in [0.1, 0.15) is 6.61 Å². The van der Waals surface area contributed by atoms with Crippen molar-refractivity contribution in [2.45, 2.75) is 65.9 Å². The van der Waals surface area contributed by atoms with Gasteiger partial charge in [0.05, 0.1) is 5.56 Å². The molecule has 0 atom stereocenters. The van der Waals surface area contributed by atoms with Gasteiger partial charge in [-0.15, -0.1) is 0 Å². The molecule has 0 heterocycles. The Balaban J connectivity index is 2.45. The van der Waals surface area contributed by atoms with Gasteiger partial charge in [-0.05, 0) is 37.0 Å². The minimum atomic E-state index is -0.726. The molecular formula is C26H30O8. The fourth-order valence-electron chi connectivity index (χ4n) is 2.88. The number of carbonyl (C=O) groups excluding carboxylic acids is 4. The highest BCUT2D eigenvalue weighted by Crippen LogP contribution is 2.40. The third kappa shape index (κ3) is 8.35. The van der Waals surface area contributed by atoms with Crippen LogP contribution in [0.25, 0.3) is 0 Å². The van der Waals surface area contributed by atoms with E-state index in [0.717, 1.165) is 5.56 Å². The number of hydrogen-bond acceptors (Lipinski definition) is 8. The maximum Gasteiger partial charge on any atom is 0.338 e. The normalized spacial score (nSPS) is 10.3. The molecule has 0 aromatic heterocycles. The summed E-state index contributed by atoms with van der Waals surface area (Å²) in [5.74, 6) is -3.12. The van der Waals surface area contributed by atoms with Crippen LogP contribution < -0.4 is 14.2 Å². The zero-order valence-electron chi connectivity index (χ0n) is 19.8. The number of hydrogen-bond donors (Lipinski definition) is 0. The summed E-state index contributed by atoms with van der Waals surface area (Å²) < 4.78 is 21.5. The molecule has 8 heteroatoms. The van der Waals surface area contributed by atoms with E-state index in [1.165, 1.54) is 12.1 Å². The summed E-state index contributed by atoms with van der Waals surface area (Å²) in [6.07, 6.45) is 1.90. The van der Waals surface area contributed by atoms with Gasteiger partial charge < -0.3 is 18.9 Å². The highest BCUT2D eigenvalue weighted by molar-refractivity contribution is 5.92. The first-order valence-corrected chi connectivity index (χ1v) is 11.4. The second-order valence-electron chi connectivity index (χ2n) is 7.54. The topological polar surface area (TPSA) is 105 Å². The van der Waals surface area contributed by atoms with E-state index in [1.807, 2.05) is 18.2 Å². The number of carbonyl (C=O) groups is 4. The van der Waals surface area contributed by atoms with Crippen LogP contribution in [-0.4, -0.2) is 23.9 Å². The van der Waals surface area contributed by atoms with Crippen molar-refractivity contribution >= 4 is 23.9 Å². The summed E-state index contributed by atoms with van der Waals surface area (Å²) in [5.41, 5.74) is 0.759. The molecule has 0 aliphatic rings. The number of benzene rings is 2. The fraction of sp³-hybridized carbons (Fsp3) is 0.385. The fourth-order valence-corrected chi connectivity index (χ4v) is 2.88. The molecule has 0 aliphatic heterocycles. The van der Waals surface area contributed by atoms with Gasteiger partial charge in [0.2, 0.25) is 5.75 Å². The Morgan fingerprint density at radius 3 is 1.62 bits per heavy atom. The van der Waals surface area contributed by atoms with Crippen LogP contribution in [0.15, 0.2) is 42.5 Å². The third-order valence-corrected chi connectivity index (χ3v) is 4.50. The highest BCUT2D eigenvalue weighted by Gasteiger charge is 2.24. The molecule has 2 aromatic carbocycles. The first kappa shape index (κ1) is 26.6. The molecule has 0 radical (unpaired) electrons. The van der Waals surface area contributed by atoms with Gasteiger partial charge in [-0.2, -0.15) is 0 Å². The summed E-state index contributed by atoms with van der Waals surface area (Å²) in [7, 11) is 0. The molecule has 8 nitrogen and oxygen atoms in total. The van der Waals surface area contributed by atoms with Crippen molar-refractivity contribution in [2.75, 3.05) is 0 Å². The van der Waals surface area contributed by atoms with Crippen molar-refractivity contribution in [3.05, 3.63) is 53.6 Å². The van der Waals surface area contributed by atoms with Crippen LogP contribution in [0.1, 0.15) is 75.2 Å². The Hall–Kier alpha value is -3.68. The maximum atomic E-state index is 12.8. The van der Waals surface area contributed by atoms with Gasteiger partial charge in [0.15, 0.2) is 11.5 Å². The number of rotatable bonds is 12. The minimum absolute atomic E-state index is 0.0167. The Kier molecular flexibility index (Phi) is 10.8. The molecule has 0 bridgehead atoms. The van der Waals surface area contributed by atoms with Gasteiger partial charge in [0, 0.05) is 19.3 Å². The van der Waals surface area contributed by atoms with Crippen LogP contribution in [0, 0.1) is 0 Å². The van der Waals surface area contributed by atoms with Crippen LogP contribution in [-0.2, 0) is 25.7 Å². The van der Waals surface area contributed by atoms with E-state index in [4.69, 9.17) is 18.9 Å². The predicted octanol–water partition coefficient (Wildman–Crippen LogP) is 5.16. The third-order valence-electron chi connectivity index (χ3n) is 4.50.